The summed E-state index contributed by atoms with van der Waals surface area (Å²) in [4.78, 5) is 8.80. The maximum Gasteiger partial charge on any atom is 0.240 e. The molecule has 2 rings (SSSR count). The number of rotatable bonds is 8. The molecule has 0 aliphatic rings. The predicted molar refractivity (Wildman–Crippen MR) is 101 cm³/mol. The van der Waals surface area contributed by atoms with E-state index in [1.165, 1.54) is 19.2 Å². The predicted octanol–water partition coefficient (Wildman–Crippen LogP) is 2.34. The minimum Gasteiger partial charge on any atom is -0.383 e. The van der Waals surface area contributed by atoms with E-state index in [4.69, 9.17) is 4.74 Å². The van der Waals surface area contributed by atoms with Gasteiger partial charge < -0.3 is 15.4 Å². The van der Waals surface area contributed by atoms with Gasteiger partial charge in [-0.2, -0.15) is 4.98 Å². The molecule has 2 aromatic rings. The molecule has 0 saturated heterocycles. The number of halogens is 1. The van der Waals surface area contributed by atoms with Crippen molar-refractivity contribution < 1.29 is 13.2 Å². The van der Waals surface area contributed by atoms with Gasteiger partial charge in [0.2, 0.25) is 16.0 Å². The Morgan fingerprint density at radius 2 is 1.96 bits per heavy atom. The van der Waals surface area contributed by atoms with Crippen LogP contribution in [-0.4, -0.2) is 45.2 Å². The van der Waals surface area contributed by atoms with Crippen molar-refractivity contribution in [2.24, 2.45) is 0 Å². The Balaban J connectivity index is 2.15. The fourth-order valence-corrected chi connectivity index (χ4v) is 3.05. The third kappa shape index (κ3) is 5.36. The number of methoxy groups -OCH3 is 1. The average Bonchev–Trinajstić information content (AvgIpc) is 2.58. The summed E-state index contributed by atoms with van der Waals surface area (Å²) in [6, 6.07) is 6.39. The highest BCUT2D eigenvalue weighted by atomic mass is 79.9. The van der Waals surface area contributed by atoms with Crippen LogP contribution >= 0.6 is 15.9 Å². The summed E-state index contributed by atoms with van der Waals surface area (Å²) >= 11 is 3.41. The van der Waals surface area contributed by atoms with Gasteiger partial charge >= 0.3 is 0 Å². The van der Waals surface area contributed by atoms with E-state index in [0.29, 0.717) is 24.1 Å². The molecule has 0 spiro atoms. The molecule has 3 N–H and O–H groups in total. The summed E-state index contributed by atoms with van der Waals surface area (Å²) in [6.07, 6.45) is 1.64. The van der Waals surface area contributed by atoms with Crippen LogP contribution in [-0.2, 0) is 14.8 Å². The van der Waals surface area contributed by atoms with Gasteiger partial charge in [-0.25, -0.2) is 18.1 Å². The van der Waals surface area contributed by atoms with Gasteiger partial charge in [0.05, 0.1) is 16.0 Å². The molecule has 0 radical (unpaired) electrons. The number of benzene rings is 1. The van der Waals surface area contributed by atoms with Gasteiger partial charge in [-0.1, -0.05) is 0 Å². The molecule has 0 unspecified atom stereocenters. The maximum atomic E-state index is 11.7. The van der Waals surface area contributed by atoms with Crippen molar-refractivity contribution in [3.8, 4) is 0 Å². The van der Waals surface area contributed by atoms with E-state index >= 15 is 0 Å². The standard InChI is InChI=1S/C15H20BrN5O3S/c1-10(9-24-3)19-14-13(16)8-18-15(21-14)20-11-4-6-12(7-5-11)25(22,23)17-2/h4-8,10,17H,9H2,1-3H3,(H2,18,19,20,21)/t10-/m0/s1. The van der Waals surface area contributed by atoms with E-state index in [2.05, 4.69) is 41.3 Å². The molecule has 0 bridgehead atoms. The second-order valence-electron chi connectivity index (χ2n) is 5.25. The van der Waals surface area contributed by atoms with Crippen LogP contribution in [0.5, 0.6) is 0 Å². The van der Waals surface area contributed by atoms with Crippen LogP contribution < -0.4 is 15.4 Å². The molecule has 8 nitrogen and oxygen atoms in total. The Kier molecular flexibility index (Phi) is 6.71. The van der Waals surface area contributed by atoms with Crippen LogP contribution in [0.2, 0.25) is 0 Å². The highest BCUT2D eigenvalue weighted by Crippen LogP contribution is 2.23. The lowest BCUT2D eigenvalue weighted by atomic mass is 10.3. The molecule has 25 heavy (non-hydrogen) atoms. The molecule has 0 aliphatic heterocycles. The molecular formula is C15H20BrN5O3S. The summed E-state index contributed by atoms with van der Waals surface area (Å²) in [5.41, 5.74) is 0.674. The van der Waals surface area contributed by atoms with E-state index in [1.54, 1.807) is 25.4 Å². The summed E-state index contributed by atoms with van der Waals surface area (Å²) < 4.78 is 31.6. The Morgan fingerprint density at radius 3 is 2.56 bits per heavy atom. The van der Waals surface area contributed by atoms with Gasteiger partial charge in [0.15, 0.2) is 0 Å². The van der Waals surface area contributed by atoms with E-state index in [1.807, 2.05) is 6.92 Å². The number of nitrogens with zero attached hydrogens (tertiary/aromatic N) is 2. The molecule has 0 saturated carbocycles. The van der Waals surface area contributed by atoms with Crippen molar-refractivity contribution in [2.45, 2.75) is 17.9 Å². The van der Waals surface area contributed by atoms with Crippen molar-refractivity contribution in [2.75, 3.05) is 31.4 Å². The van der Waals surface area contributed by atoms with Crippen molar-refractivity contribution in [1.29, 1.82) is 0 Å². The van der Waals surface area contributed by atoms with Gasteiger partial charge in [-0.05, 0) is 54.2 Å². The van der Waals surface area contributed by atoms with E-state index in [0.717, 1.165) is 4.47 Å². The molecule has 0 aliphatic carbocycles. The molecule has 1 aromatic heterocycles. The van der Waals surface area contributed by atoms with E-state index in [-0.39, 0.29) is 10.9 Å². The van der Waals surface area contributed by atoms with Crippen LogP contribution in [0.25, 0.3) is 0 Å². The van der Waals surface area contributed by atoms with Gasteiger partial charge in [0, 0.05) is 25.0 Å². The van der Waals surface area contributed by atoms with Gasteiger partial charge in [0.25, 0.3) is 0 Å². The molecule has 0 amide bonds. The van der Waals surface area contributed by atoms with Crippen LogP contribution in [0.15, 0.2) is 39.8 Å². The van der Waals surface area contributed by atoms with Crippen molar-refractivity contribution in [1.82, 2.24) is 14.7 Å². The summed E-state index contributed by atoms with van der Waals surface area (Å²) in [7, 11) is -0.448. The number of sulfonamides is 1. The first-order valence-corrected chi connectivity index (χ1v) is 9.72. The third-order valence-corrected chi connectivity index (χ3v) is 5.24. The van der Waals surface area contributed by atoms with Crippen LogP contribution in [0.3, 0.4) is 0 Å². The Labute approximate surface area is 155 Å². The average molecular weight is 430 g/mol. The zero-order chi connectivity index (χ0) is 18.4. The fourth-order valence-electron chi connectivity index (χ4n) is 2.02. The highest BCUT2D eigenvalue weighted by molar-refractivity contribution is 9.10. The largest absolute Gasteiger partial charge is 0.383 e. The summed E-state index contributed by atoms with van der Waals surface area (Å²) in [6.45, 7) is 2.52. The number of anilines is 3. The fraction of sp³-hybridized carbons (Fsp3) is 0.333. The molecule has 136 valence electrons. The second-order valence-corrected chi connectivity index (χ2v) is 7.99. The lowest BCUT2D eigenvalue weighted by molar-refractivity contribution is 0.190. The van der Waals surface area contributed by atoms with Crippen LogP contribution in [0.1, 0.15) is 6.92 Å². The number of ether oxygens (including phenoxy) is 1. The number of hydrogen-bond donors (Lipinski definition) is 3. The Morgan fingerprint density at radius 1 is 1.28 bits per heavy atom. The Bertz CT molecular complexity index is 814. The van der Waals surface area contributed by atoms with Crippen LogP contribution in [0.4, 0.5) is 17.5 Å². The lowest BCUT2D eigenvalue weighted by Gasteiger charge is -2.15. The topological polar surface area (TPSA) is 105 Å². The lowest BCUT2D eigenvalue weighted by Crippen LogP contribution is -2.22. The zero-order valence-corrected chi connectivity index (χ0v) is 16.5. The Hall–Kier alpha value is -1.75. The summed E-state index contributed by atoms with van der Waals surface area (Å²) in [5.74, 6) is 1.02. The third-order valence-electron chi connectivity index (χ3n) is 3.23. The molecule has 1 atom stereocenters. The van der Waals surface area contributed by atoms with E-state index in [9.17, 15) is 8.42 Å². The van der Waals surface area contributed by atoms with Gasteiger partial charge in [-0.15, -0.1) is 0 Å². The smallest absolute Gasteiger partial charge is 0.240 e. The molecule has 1 aromatic carbocycles. The molecule has 10 heteroatoms. The van der Waals surface area contributed by atoms with E-state index < -0.39 is 10.0 Å². The highest BCUT2D eigenvalue weighted by Gasteiger charge is 2.12. The molecular weight excluding hydrogens is 410 g/mol. The number of hydrogen-bond acceptors (Lipinski definition) is 7. The first-order valence-electron chi connectivity index (χ1n) is 7.44. The monoisotopic (exact) mass is 429 g/mol. The summed E-state index contributed by atoms with van der Waals surface area (Å²) in [5, 5.41) is 6.27. The molecule has 1 heterocycles. The van der Waals surface area contributed by atoms with Gasteiger partial charge in [-0.3, -0.25) is 0 Å². The minimum absolute atomic E-state index is 0.0788. The first-order chi connectivity index (χ1) is 11.9. The van der Waals surface area contributed by atoms with Crippen molar-refractivity contribution in [3.63, 3.8) is 0 Å². The van der Waals surface area contributed by atoms with Crippen molar-refractivity contribution >= 4 is 43.4 Å². The minimum atomic E-state index is -3.46. The quantitative estimate of drug-likeness (QED) is 0.591. The second kappa shape index (κ2) is 8.56. The van der Waals surface area contributed by atoms with Gasteiger partial charge in [0.1, 0.15) is 5.82 Å². The maximum absolute atomic E-state index is 11.7. The zero-order valence-electron chi connectivity index (χ0n) is 14.1. The molecule has 0 fully saturated rings. The van der Waals surface area contributed by atoms with Crippen LogP contribution in [0, 0.1) is 0 Å². The number of nitrogens with one attached hydrogen (secondary N) is 3. The SMILES string of the molecule is CNS(=O)(=O)c1ccc(Nc2ncc(Br)c(N[C@@H](C)COC)n2)cc1. The first kappa shape index (κ1) is 19.6. The number of aromatic nitrogens is 2. The normalized spacial score (nSPS) is 12.6. The van der Waals surface area contributed by atoms with Crippen molar-refractivity contribution in [3.05, 3.63) is 34.9 Å².